The molecule has 1 amide bonds. The van der Waals surface area contributed by atoms with E-state index < -0.39 is 0 Å². The molecule has 0 bridgehead atoms. The molecule has 2 heterocycles. The molecule has 0 unspecified atom stereocenters. The quantitative estimate of drug-likeness (QED) is 0.802. The zero-order chi connectivity index (χ0) is 11.5. The molecule has 2 aromatic heterocycles. The van der Waals surface area contributed by atoms with Crippen molar-refractivity contribution >= 4 is 11.6 Å². The molecule has 16 heavy (non-hydrogen) atoms. The van der Waals surface area contributed by atoms with Crippen molar-refractivity contribution in [2.45, 2.75) is 13.8 Å². The van der Waals surface area contributed by atoms with Gasteiger partial charge in [0.1, 0.15) is 0 Å². The van der Waals surface area contributed by atoms with Crippen molar-refractivity contribution < 1.29 is 4.79 Å². The number of nitrogens with one attached hydrogen (secondary N) is 2. The minimum Gasteiger partial charge on any atom is -0.320 e. The number of carbonyl (C=O) groups is 1. The number of hydrogen-bond donors (Lipinski definition) is 2. The van der Waals surface area contributed by atoms with Crippen LogP contribution in [0.1, 0.15) is 21.7 Å². The third-order valence-corrected chi connectivity index (χ3v) is 2.27. The largest absolute Gasteiger partial charge is 0.320 e. The van der Waals surface area contributed by atoms with Gasteiger partial charge in [0.15, 0.2) is 0 Å². The number of aryl methyl sites for hydroxylation is 2. The first-order chi connectivity index (χ1) is 7.68. The number of nitrogens with zero attached hydrogens (tertiary/aromatic N) is 2. The van der Waals surface area contributed by atoms with Crippen LogP contribution in [-0.2, 0) is 0 Å². The monoisotopic (exact) mass is 216 g/mol. The maximum atomic E-state index is 11.9. The Kier molecular flexibility index (Phi) is 2.68. The molecule has 0 aliphatic heterocycles. The van der Waals surface area contributed by atoms with E-state index in [0.29, 0.717) is 16.9 Å². The predicted molar refractivity (Wildman–Crippen MR) is 60.3 cm³/mol. The first kappa shape index (κ1) is 10.4. The lowest BCUT2D eigenvalue weighted by Crippen LogP contribution is -2.13. The molecule has 0 aliphatic carbocycles. The van der Waals surface area contributed by atoms with Gasteiger partial charge >= 0.3 is 0 Å². The van der Waals surface area contributed by atoms with Gasteiger partial charge in [-0.05, 0) is 26.0 Å². The van der Waals surface area contributed by atoms with E-state index in [1.165, 1.54) is 0 Å². The molecule has 5 nitrogen and oxygen atoms in total. The van der Waals surface area contributed by atoms with E-state index in [2.05, 4.69) is 20.5 Å². The van der Waals surface area contributed by atoms with Crippen LogP contribution in [-0.4, -0.2) is 21.1 Å². The van der Waals surface area contributed by atoms with Crippen molar-refractivity contribution in [3.63, 3.8) is 0 Å². The number of carbonyl (C=O) groups excluding carboxylic acids is 1. The lowest BCUT2D eigenvalue weighted by molar-refractivity contribution is 0.102. The van der Waals surface area contributed by atoms with Crippen LogP contribution < -0.4 is 5.32 Å². The van der Waals surface area contributed by atoms with Gasteiger partial charge < -0.3 is 5.32 Å². The SMILES string of the molecule is Cc1n[nH]c(C)c1C(=O)Nc1cccnc1. The van der Waals surface area contributed by atoms with Crippen LogP contribution in [0.4, 0.5) is 5.69 Å². The number of rotatable bonds is 2. The number of amides is 1. The molecule has 5 heteroatoms. The molecule has 0 spiro atoms. The number of aromatic nitrogens is 3. The molecule has 82 valence electrons. The molecule has 2 rings (SSSR count). The smallest absolute Gasteiger partial charge is 0.259 e. The molecular weight excluding hydrogens is 204 g/mol. The molecule has 0 saturated carbocycles. The first-order valence-electron chi connectivity index (χ1n) is 4.91. The fourth-order valence-corrected chi connectivity index (χ4v) is 1.52. The number of aromatic amines is 1. The summed E-state index contributed by atoms with van der Waals surface area (Å²) in [6, 6.07) is 3.56. The summed E-state index contributed by atoms with van der Waals surface area (Å²) < 4.78 is 0. The Morgan fingerprint density at radius 1 is 1.44 bits per heavy atom. The second-order valence-corrected chi connectivity index (χ2v) is 3.50. The second kappa shape index (κ2) is 4.14. The summed E-state index contributed by atoms with van der Waals surface area (Å²) in [5.74, 6) is -0.170. The van der Waals surface area contributed by atoms with E-state index in [1.54, 1.807) is 31.5 Å². The fourth-order valence-electron chi connectivity index (χ4n) is 1.52. The standard InChI is InChI=1S/C11H12N4O/c1-7-10(8(2)15-14-7)11(16)13-9-4-3-5-12-6-9/h3-6H,1-2H3,(H,13,16)(H,14,15). The normalized spacial score (nSPS) is 10.1. The highest BCUT2D eigenvalue weighted by molar-refractivity contribution is 6.05. The minimum atomic E-state index is -0.170. The maximum absolute atomic E-state index is 11.9. The van der Waals surface area contributed by atoms with Crippen LogP contribution in [0.2, 0.25) is 0 Å². The summed E-state index contributed by atoms with van der Waals surface area (Å²) in [6.07, 6.45) is 3.26. The summed E-state index contributed by atoms with van der Waals surface area (Å²) in [6.45, 7) is 3.61. The van der Waals surface area contributed by atoms with Crippen molar-refractivity contribution in [1.29, 1.82) is 0 Å². The van der Waals surface area contributed by atoms with Crippen LogP contribution in [0.5, 0.6) is 0 Å². The molecule has 0 saturated heterocycles. The van der Waals surface area contributed by atoms with Gasteiger partial charge in [-0.3, -0.25) is 14.9 Å². The van der Waals surface area contributed by atoms with Crippen molar-refractivity contribution in [2.75, 3.05) is 5.32 Å². The number of H-pyrrole nitrogens is 1. The van der Waals surface area contributed by atoms with Gasteiger partial charge in [-0.25, -0.2) is 0 Å². The summed E-state index contributed by atoms with van der Waals surface area (Å²) in [5.41, 5.74) is 2.72. The lowest BCUT2D eigenvalue weighted by Gasteiger charge is -2.04. The number of pyridine rings is 1. The van der Waals surface area contributed by atoms with Gasteiger partial charge in [0.2, 0.25) is 0 Å². The van der Waals surface area contributed by atoms with Gasteiger partial charge in [-0.2, -0.15) is 5.10 Å². The van der Waals surface area contributed by atoms with E-state index in [9.17, 15) is 4.79 Å². The Hall–Kier alpha value is -2.17. The average molecular weight is 216 g/mol. The third kappa shape index (κ3) is 1.93. The van der Waals surface area contributed by atoms with Crippen LogP contribution >= 0.6 is 0 Å². The van der Waals surface area contributed by atoms with E-state index in [-0.39, 0.29) is 5.91 Å². The Morgan fingerprint density at radius 2 is 2.25 bits per heavy atom. The highest BCUT2D eigenvalue weighted by atomic mass is 16.1. The van der Waals surface area contributed by atoms with Crippen molar-refractivity contribution in [3.8, 4) is 0 Å². The molecule has 0 radical (unpaired) electrons. The Balaban J connectivity index is 2.22. The van der Waals surface area contributed by atoms with Crippen molar-refractivity contribution in [1.82, 2.24) is 15.2 Å². The van der Waals surface area contributed by atoms with E-state index >= 15 is 0 Å². The summed E-state index contributed by atoms with van der Waals surface area (Å²) in [5, 5.41) is 9.52. The topological polar surface area (TPSA) is 70.7 Å². The van der Waals surface area contributed by atoms with E-state index in [4.69, 9.17) is 0 Å². The van der Waals surface area contributed by atoms with E-state index in [0.717, 1.165) is 5.69 Å². The van der Waals surface area contributed by atoms with E-state index in [1.807, 2.05) is 6.92 Å². The highest BCUT2D eigenvalue weighted by Crippen LogP contribution is 2.12. The Morgan fingerprint density at radius 3 is 2.81 bits per heavy atom. The van der Waals surface area contributed by atoms with Gasteiger partial charge in [-0.1, -0.05) is 0 Å². The third-order valence-electron chi connectivity index (χ3n) is 2.27. The van der Waals surface area contributed by atoms with Gasteiger partial charge in [0.25, 0.3) is 5.91 Å². The van der Waals surface area contributed by atoms with Gasteiger partial charge in [0, 0.05) is 11.9 Å². The van der Waals surface area contributed by atoms with Crippen molar-refractivity contribution in [3.05, 3.63) is 41.5 Å². The second-order valence-electron chi connectivity index (χ2n) is 3.50. The molecule has 2 N–H and O–H groups in total. The molecule has 0 atom stereocenters. The van der Waals surface area contributed by atoms with Crippen LogP contribution in [0, 0.1) is 13.8 Å². The molecule has 0 aliphatic rings. The highest BCUT2D eigenvalue weighted by Gasteiger charge is 2.14. The average Bonchev–Trinajstić information content (AvgIpc) is 2.60. The molecular formula is C11H12N4O. The predicted octanol–water partition coefficient (Wildman–Crippen LogP) is 1.67. The lowest BCUT2D eigenvalue weighted by atomic mass is 10.2. The van der Waals surface area contributed by atoms with Crippen LogP contribution in [0.15, 0.2) is 24.5 Å². The number of anilines is 1. The Labute approximate surface area is 92.9 Å². The molecule has 2 aromatic rings. The van der Waals surface area contributed by atoms with Gasteiger partial charge in [0.05, 0.1) is 23.1 Å². The molecule has 0 fully saturated rings. The van der Waals surface area contributed by atoms with Gasteiger partial charge in [-0.15, -0.1) is 0 Å². The zero-order valence-corrected chi connectivity index (χ0v) is 9.11. The zero-order valence-electron chi connectivity index (χ0n) is 9.11. The summed E-state index contributed by atoms with van der Waals surface area (Å²) >= 11 is 0. The fraction of sp³-hybridized carbons (Fsp3) is 0.182. The minimum absolute atomic E-state index is 0.170. The molecule has 0 aromatic carbocycles. The summed E-state index contributed by atoms with van der Waals surface area (Å²) in [4.78, 5) is 15.8. The van der Waals surface area contributed by atoms with Crippen molar-refractivity contribution in [2.24, 2.45) is 0 Å². The van der Waals surface area contributed by atoms with Crippen LogP contribution in [0.25, 0.3) is 0 Å². The number of hydrogen-bond acceptors (Lipinski definition) is 3. The summed E-state index contributed by atoms with van der Waals surface area (Å²) in [7, 11) is 0. The maximum Gasteiger partial charge on any atom is 0.259 e. The Bertz CT molecular complexity index is 484. The first-order valence-corrected chi connectivity index (χ1v) is 4.91. The van der Waals surface area contributed by atoms with Crippen LogP contribution in [0.3, 0.4) is 0 Å².